The van der Waals surface area contributed by atoms with E-state index in [9.17, 15) is 10.1 Å². The first-order valence-corrected chi connectivity index (χ1v) is 6.80. The van der Waals surface area contributed by atoms with Crippen LogP contribution >= 0.6 is 11.6 Å². The van der Waals surface area contributed by atoms with Gasteiger partial charge in [-0.2, -0.15) is 0 Å². The highest BCUT2D eigenvalue weighted by Crippen LogP contribution is 2.28. The molecule has 0 spiro atoms. The summed E-state index contributed by atoms with van der Waals surface area (Å²) < 4.78 is 0. The van der Waals surface area contributed by atoms with E-state index in [0.717, 1.165) is 19.6 Å². The Morgan fingerprint density at radius 1 is 1.58 bits per heavy atom. The number of halogens is 1. The third kappa shape index (κ3) is 3.81. The minimum Gasteiger partial charge on any atom is -0.379 e. The van der Waals surface area contributed by atoms with Gasteiger partial charge in [-0.1, -0.05) is 11.6 Å². The molecule has 1 aromatic rings. The highest BCUT2D eigenvalue weighted by atomic mass is 35.5. The molecule has 0 aromatic heterocycles. The predicted octanol–water partition coefficient (Wildman–Crippen LogP) is 3.00. The summed E-state index contributed by atoms with van der Waals surface area (Å²) in [6.45, 7) is 2.93. The minimum atomic E-state index is -0.402. The molecule has 2 rings (SSSR count). The molecule has 0 bridgehead atoms. The summed E-state index contributed by atoms with van der Waals surface area (Å²) in [6.07, 6.45) is 2.35. The van der Waals surface area contributed by atoms with E-state index in [2.05, 4.69) is 17.3 Å². The number of hydrogen-bond acceptors (Lipinski definition) is 4. The van der Waals surface area contributed by atoms with Crippen LogP contribution in [0.2, 0.25) is 5.02 Å². The van der Waals surface area contributed by atoms with Gasteiger partial charge >= 0.3 is 0 Å². The minimum absolute atomic E-state index is 0.0386. The van der Waals surface area contributed by atoms with Crippen LogP contribution in [0.15, 0.2) is 18.2 Å². The maximum Gasteiger partial charge on any atom is 0.293 e. The standard InChI is InChI=1S/C13H18ClN3O2/c1-16-6-2-3-10(9-16)8-15-12-5-4-11(14)7-13(12)17(18)19/h4-5,7,10,15H,2-3,6,8-9H2,1H3. The van der Waals surface area contributed by atoms with Crippen molar-refractivity contribution in [2.45, 2.75) is 12.8 Å². The number of piperidine rings is 1. The number of benzene rings is 1. The fourth-order valence-corrected chi connectivity index (χ4v) is 2.67. The van der Waals surface area contributed by atoms with Crippen molar-refractivity contribution in [3.63, 3.8) is 0 Å². The van der Waals surface area contributed by atoms with E-state index in [1.807, 2.05) is 0 Å². The fraction of sp³-hybridized carbons (Fsp3) is 0.538. The summed E-state index contributed by atoms with van der Waals surface area (Å²) in [7, 11) is 2.11. The van der Waals surface area contributed by atoms with Gasteiger partial charge in [0.05, 0.1) is 4.92 Å². The van der Waals surface area contributed by atoms with Crippen molar-refractivity contribution in [3.05, 3.63) is 33.3 Å². The van der Waals surface area contributed by atoms with Gasteiger partial charge < -0.3 is 10.2 Å². The van der Waals surface area contributed by atoms with Gasteiger partial charge in [-0.05, 0) is 44.5 Å². The average molecular weight is 284 g/mol. The van der Waals surface area contributed by atoms with Crippen molar-refractivity contribution in [1.82, 2.24) is 4.90 Å². The topological polar surface area (TPSA) is 58.4 Å². The Labute approximate surface area is 117 Å². The highest BCUT2D eigenvalue weighted by molar-refractivity contribution is 6.30. The van der Waals surface area contributed by atoms with E-state index < -0.39 is 4.92 Å². The van der Waals surface area contributed by atoms with Crippen molar-refractivity contribution in [1.29, 1.82) is 0 Å². The van der Waals surface area contributed by atoms with E-state index in [4.69, 9.17) is 11.6 Å². The molecule has 6 heteroatoms. The van der Waals surface area contributed by atoms with Crippen molar-refractivity contribution in [3.8, 4) is 0 Å². The van der Waals surface area contributed by atoms with Crippen LogP contribution in [-0.2, 0) is 0 Å². The normalized spacial score (nSPS) is 20.2. The third-order valence-corrected chi connectivity index (χ3v) is 3.69. The molecule has 1 aliphatic rings. The molecule has 0 radical (unpaired) electrons. The van der Waals surface area contributed by atoms with Crippen LogP contribution in [-0.4, -0.2) is 36.5 Å². The van der Waals surface area contributed by atoms with Crippen molar-refractivity contribution < 1.29 is 4.92 Å². The molecule has 104 valence electrons. The number of nitro groups is 1. The van der Waals surface area contributed by atoms with Gasteiger partial charge in [-0.3, -0.25) is 10.1 Å². The number of anilines is 1. The monoisotopic (exact) mass is 283 g/mol. The molecule has 1 fully saturated rings. The van der Waals surface area contributed by atoms with Crippen LogP contribution in [0, 0.1) is 16.0 Å². The van der Waals surface area contributed by atoms with E-state index in [1.54, 1.807) is 12.1 Å². The van der Waals surface area contributed by atoms with E-state index in [1.165, 1.54) is 18.9 Å². The quantitative estimate of drug-likeness (QED) is 0.682. The van der Waals surface area contributed by atoms with Gasteiger partial charge in [0, 0.05) is 24.2 Å². The van der Waals surface area contributed by atoms with Crippen LogP contribution in [0.3, 0.4) is 0 Å². The molecule has 0 aliphatic carbocycles. The Morgan fingerprint density at radius 3 is 3.05 bits per heavy atom. The number of rotatable bonds is 4. The first-order valence-electron chi connectivity index (χ1n) is 6.42. The molecule has 5 nitrogen and oxygen atoms in total. The smallest absolute Gasteiger partial charge is 0.293 e. The maximum atomic E-state index is 11.0. The lowest BCUT2D eigenvalue weighted by atomic mass is 9.98. The van der Waals surface area contributed by atoms with Crippen molar-refractivity contribution >= 4 is 23.0 Å². The average Bonchev–Trinajstić information content (AvgIpc) is 2.37. The zero-order chi connectivity index (χ0) is 13.8. The van der Waals surface area contributed by atoms with Crippen molar-refractivity contribution in [2.75, 3.05) is 32.0 Å². The largest absolute Gasteiger partial charge is 0.379 e. The van der Waals surface area contributed by atoms with Gasteiger partial charge in [0.1, 0.15) is 5.69 Å². The highest BCUT2D eigenvalue weighted by Gasteiger charge is 2.19. The lowest BCUT2D eigenvalue weighted by Gasteiger charge is -2.29. The first kappa shape index (κ1) is 14.1. The molecular formula is C13H18ClN3O2. The molecule has 0 amide bonds. The number of nitrogens with zero attached hydrogens (tertiary/aromatic N) is 2. The van der Waals surface area contributed by atoms with Gasteiger partial charge in [-0.25, -0.2) is 0 Å². The Bertz CT molecular complexity index is 467. The van der Waals surface area contributed by atoms with Crippen LogP contribution in [0.5, 0.6) is 0 Å². The molecule has 1 saturated heterocycles. The summed E-state index contributed by atoms with van der Waals surface area (Å²) in [6, 6.07) is 4.73. The van der Waals surface area contributed by atoms with E-state index in [0.29, 0.717) is 16.6 Å². The van der Waals surface area contributed by atoms with E-state index >= 15 is 0 Å². The molecule has 1 atom stereocenters. The maximum absolute atomic E-state index is 11.0. The SMILES string of the molecule is CN1CCCC(CNc2ccc(Cl)cc2[N+](=O)[O-])C1. The van der Waals surface area contributed by atoms with Crippen LogP contribution in [0.1, 0.15) is 12.8 Å². The summed E-state index contributed by atoms with van der Waals surface area (Å²) in [4.78, 5) is 12.9. The van der Waals surface area contributed by atoms with E-state index in [-0.39, 0.29) is 5.69 Å². The molecule has 1 unspecified atom stereocenters. The second-order valence-electron chi connectivity index (χ2n) is 5.07. The van der Waals surface area contributed by atoms with Crippen LogP contribution in [0.25, 0.3) is 0 Å². The van der Waals surface area contributed by atoms with Gasteiger partial charge in [-0.15, -0.1) is 0 Å². The fourth-order valence-electron chi connectivity index (χ4n) is 2.50. The number of hydrogen-bond donors (Lipinski definition) is 1. The molecule has 19 heavy (non-hydrogen) atoms. The lowest BCUT2D eigenvalue weighted by Crippen LogP contribution is -2.35. The molecule has 1 aliphatic heterocycles. The molecule has 1 aromatic carbocycles. The Kier molecular flexibility index (Phi) is 4.61. The number of likely N-dealkylation sites (tertiary alicyclic amines) is 1. The van der Waals surface area contributed by atoms with Crippen LogP contribution < -0.4 is 5.32 Å². The Hall–Kier alpha value is -1.33. The Balaban J connectivity index is 2.01. The van der Waals surface area contributed by atoms with Gasteiger partial charge in [0.15, 0.2) is 0 Å². The first-order chi connectivity index (χ1) is 9.06. The van der Waals surface area contributed by atoms with Crippen LogP contribution in [0.4, 0.5) is 11.4 Å². The summed E-state index contributed by atoms with van der Waals surface area (Å²) in [5.41, 5.74) is 0.583. The molecule has 1 heterocycles. The molecular weight excluding hydrogens is 266 g/mol. The zero-order valence-corrected chi connectivity index (χ0v) is 11.7. The number of nitrogens with one attached hydrogen (secondary N) is 1. The second-order valence-corrected chi connectivity index (χ2v) is 5.51. The zero-order valence-electron chi connectivity index (χ0n) is 10.9. The van der Waals surface area contributed by atoms with Gasteiger partial charge in [0.25, 0.3) is 5.69 Å². The summed E-state index contributed by atoms with van der Waals surface area (Å²) in [5.74, 6) is 0.536. The predicted molar refractivity (Wildman–Crippen MR) is 76.8 cm³/mol. The second kappa shape index (κ2) is 6.21. The number of nitro benzene ring substituents is 1. The Morgan fingerprint density at radius 2 is 2.37 bits per heavy atom. The van der Waals surface area contributed by atoms with Crippen molar-refractivity contribution in [2.24, 2.45) is 5.92 Å². The summed E-state index contributed by atoms with van der Waals surface area (Å²) >= 11 is 5.79. The molecule has 1 N–H and O–H groups in total. The third-order valence-electron chi connectivity index (χ3n) is 3.46. The lowest BCUT2D eigenvalue weighted by molar-refractivity contribution is -0.383. The van der Waals surface area contributed by atoms with Gasteiger partial charge in [0.2, 0.25) is 0 Å². The summed E-state index contributed by atoms with van der Waals surface area (Å²) in [5, 5.41) is 14.5. The molecule has 0 saturated carbocycles.